The molecule has 2 aromatic heterocycles. The van der Waals surface area contributed by atoms with Gasteiger partial charge in [-0.25, -0.2) is 4.98 Å². The van der Waals surface area contributed by atoms with Crippen LogP contribution in [0.2, 0.25) is 0 Å². The molecule has 1 aliphatic heterocycles. The number of rotatable bonds is 5. The van der Waals surface area contributed by atoms with Crippen LogP contribution < -0.4 is 10.6 Å². The van der Waals surface area contributed by atoms with Crippen molar-refractivity contribution in [1.29, 1.82) is 0 Å². The molecule has 0 saturated carbocycles. The lowest BCUT2D eigenvalue weighted by molar-refractivity contribution is 0.130. The van der Waals surface area contributed by atoms with E-state index >= 15 is 0 Å². The fourth-order valence-electron chi connectivity index (χ4n) is 2.60. The van der Waals surface area contributed by atoms with Crippen LogP contribution in [0.1, 0.15) is 30.4 Å². The number of thiophene rings is 1. The molecule has 7 heteroatoms. The minimum Gasteiger partial charge on any atom is -0.389 e. The summed E-state index contributed by atoms with van der Waals surface area (Å²) in [6, 6.07) is 5.83. The molecule has 0 bridgehead atoms. The summed E-state index contributed by atoms with van der Waals surface area (Å²) in [5.74, 6) is 1.27. The maximum absolute atomic E-state index is 6.12. The maximum Gasteiger partial charge on any atom is 0.174 e. The molecule has 0 radical (unpaired) electrons. The summed E-state index contributed by atoms with van der Waals surface area (Å²) < 4.78 is 1.08. The molecule has 0 amide bonds. The monoisotopic (exact) mass is 394 g/mol. The van der Waals surface area contributed by atoms with Crippen molar-refractivity contribution in [3.05, 3.63) is 44.7 Å². The van der Waals surface area contributed by atoms with Gasteiger partial charge in [-0.15, -0.1) is 11.3 Å². The Hall–Kier alpha value is -1.60. The van der Waals surface area contributed by atoms with Gasteiger partial charge in [-0.05, 0) is 58.8 Å². The fourth-order valence-corrected chi connectivity index (χ4v) is 3.80. The average molecular weight is 395 g/mol. The summed E-state index contributed by atoms with van der Waals surface area (Å²) in [5, 5.41) is 6.10. The summed E-state index contributed by atoms with van der Waals surface area (Å²) >= 11 is 5.05. The van der Waals surface area contributed by atoms with E-state index in [1.54, 1.807) is 17.5 Å². The standard InChI is InChI=1S/C16H19BrN4OS/c17-14-9-12(11-23-14)10-22-20-15(18)13-5-4-6-19-16(13)21-7-2-1-3-8-21/h4-6,9,11H,1-3,7-8,10H2,(H2,18,20). The number of pyridine rings is 1. The number of nitrogens with zero attached hydrogens (tertiary/aromatic N) is 3. The van der Waals surface area contributed by atoms with Crippen LogP contribution >= 0.6 is 27.3 Å². The largest absolute Gasteiger partial charge is 0.389 e. The van der Waals surface area contributed by atoms with Gasteiger partial charge in [0.15, 0.2) is 5.84 Å². The van der Waals surface area contributed by atoms with Gasteiger partial charge in [0, 0.05) is 24.8 Å². The number of aromatic nitrogens is 1. The molecule has 0 atom stereocenters. The summed E-state index contributed by atoms with van der Waals surface area (Å²) in [4.78, 5) is 12.2. The summed E-state index contributed by atoms with van der Waals surface area (Å²) in [6.07, 6.45) is 5.46. The first-order valence-electron chi connectivity index (χ1n) is 7.63. The predicted octanol–water partition coefficient (Wildman–Crippen LogP) is 3.73. The van der Waals surface area contributed by atoms with E-state index in [0.717, 1.165) is 33.8 Å². The molecule has 1 fully saturated rings. The number of anilines is 1. The highest BCUT2D eigenvalue weighted by atomic mass is 79.9. The fraction of sp³-hybridized carbons (Fsp3) is 0.375. The van der Waals surface area contributed by atoms with E-state index in [1.165, 1.54) is 19.3 Å². The van der Waals surface area contributed by atoms with Crippen LogP contribution in [0.5, 0.6) is 0 Å². The molecule has 2 N–H and O–H groups in total. The van der Waals surface area contributed by atoms with Gasteiger partial charge < -0.3 is 15.5 Å². The number of nitrogens with two attached hydrogens (primary N) is 1. The lowest BCUT2D eigenvalue weighted by Gasteiger charge is -2.29. The highest BCUT2D eigenvalue weighted by molar-refractivity contribution is 9.11. The van der Waals surface area contributed by atoms with Gasteiger partial charge in [-0.1, -0.05) is 5.16 Å². The van der Waals surface area contributed by atoms with Crippen molar-refractivity contribution in [2.24, 2.45) is 10.9 Å². The Kier molecular flexibility index (Phi) is 5.51. The molecule has 0 spiro atoms. The third-order valence-electron chi connectivity index (χ3n) is 3.73. The van der Waals surface area contributed by atoms with Crippen molar-refractivity contribution >= 4 is 38.9 Å². The second kappa shape index (κ2) is 7.79. The van der Waals surface area contributed by atoms with Crippen LogP contribution in [0.4, 0.5) is 5.82 Å². The summed E-state index contributed by atoms with van der Waals surface area (Å²) in [7, 11) is 0. The molecule has 3 heterocycles. The number of hydrogen-bond donors (Lipinski definition) is 1. The zero-order valence-corrected chi connectivity index (χ0v) is 15.1. The van der Waals surface area contributed by atoms with Crippen LogP contribution in [0.15, 0.2) is 38.7 Å². The molecular weight excluding hydrogens is 376 g/mol. The van der Waals surface area contributed by atoms with Crippen molar-refractivity contribution in [3.63, 3.8) is 0 Å². The normalized spacial score (nSPS) is 15.7. The third kappa shape index (κ3) is 4.23. The Bertz CT molecular complexity index is 682. The number of halogens is 1. The van der Waals surface area contributed by atoms with Crippen LogP contribution in [-0.2, 0) is 11.4 Å². The molecule has 5 nitrogen and oxygen atoms in total. The molecule has 1 saturated heterocycles. The van der Waals surface area contributed by atoms with Crippen molar-refractivity contribution in [2.75, 3.05) is 18.0 Å². The molecule has 2 aromatic rings. The summed E-state index contributed by atoms with van der Waals surface area (Å²) in [6.45, 7) is 2.43. The quantitative estimate of drug-likeness (QED) is 0.476. The van der Waals surface area contributed by atoms with E-state index < -0.39 is 0 Å². The third-order valence-corrected chi connectivity index (χ3v) is 5.29. The number of amidine groups is 1. The molecule has 0 unspecified atom stereocenters. The highest BCUT2D eigenvalue weighted by Gasteiger charge is 2.17. The lowest BCUT2D eigenvalue weighted by atomic mass is 10.1. The SMILES string of the molecule is NC(=NOCc1csc(Br)c1)c1cccnc1N1CCCCC1. The Morgan fingerprint density at radius 3 is 2.96 bits per heavy atom. The van der Waals surface area contributed by atoms with E-state index in [0.29, 0.717) is 12.4 Å². The maximum atomic E-state index is 6.12. The minimum absolute atomic E-state index is 0.368. The number of piperidine rings is 1. The van der Waals surface area contributed by atoms with Gasteiger partial charge in [0.1, 0.15) is 12.4 Å². The molecule has 0 aliphatic carbocycles. The Balaban J connectivity index is 1.70. The number of oxime groups is 1. The first kappa shape index (κ1) is 16.3. The van der Waals surface area contributed by atoms with Gasteiger partial charge in [0.25, 0.3) is 0 Å². The van der Waals surface area contributed by atoms with Crippen molar-refractivity contribution in [3.8, 4) is 0 Å². The van der Waals surface area contributed by atoms with Crippen LogP contribution in [0.25, 0.3) is 0 Å². The van der Waals surface area contributed by atoms with E-state index in [4.69, 9.17) is 10.6 Å². The van der Waals surface area contributed by atoms with Crippen LogP contribution in [-0.4, -0.2) is 23.9 Å². The molecular formula is C16H19BrN4OS. The van der Waals surface area contributed by atoms with E-state index in [-0.39, 0.29) is 0 Å². The van der Waals surface area contributed by atoms with E-state index in [9.17, 15) is 0 Å². The van der Waals surface area contributed by atoms with Gasteiger partial charge in [-0.2, -0.15) is 0 Å². The van der Waals surface area contributed by atoms with Gasteiger partial charge in [-0.3, -0.25) is 0 Å². The number of hydrogen-bond acceptors (Lipinski definition) is 5. The minimum atomic E-state index is 0.368. The zero-order valence-electron chi connectivity index (χ0n) is 12.7. The first-order chi connectivity index (χ1) is 11.2. The van der Waals surface area contributed by atoms with Gasteiger partial charge in [0.05, 0.1) is 9.35 Å². The van der Waals surface area contributed by atoms with Crippen LogP contribution in [0.3, 0.4) is 0 Å². The van der Waals surface area contributed by atoms with E-state index in [2.05, 4.69) is 31.0 Å². The summed E-state index contributed by atoms with van der Waals surface area (Å²) in [5.41, 5.74) is 8.03. The first-order valence-corrected chi connectivity index (χ1v) is 9.30. The lowest BCUT2D eigenvalue weighted by Crippen LogP contribution is -2.32. The molecule has 23 heavy (non-hydrogen) atoms. The van der Waals surface area contributed by atoms with Gasteiger partial charge in [0.2, 0.25) is 0 Å². The molecule has 3 rings (SSSR count). The Labute approximate surface area is 148 Å². The highest BCUT2D eigenvalue weighted by Crippen LogP contribution is 2.22. The molecule has 122 valence electrons. The zero-order chi connectivity index (χ0) is 16.1. The second-order valence-corrected chi connectivity index (χ2v) is 7.72. The average Bonchev–Trinajstić information content (AvgIpc) is 3.01. The van der Waals surface area contributed by atoms with Crippen molar-refractivity contribution < 1.29 is 4.84 Å². The molecule has 1 aliphatic rings. The van der Waals surface area contributed by atoms with Crippen molar-refractivity contribution in [2.45, 2.75) is 25.9 Å². The smallest absolute Gasteiger partial charge is 0.174 e. The molecule has 0 aromatic carbocycles. The second-order valence-electron chi connectivity index (χ2n) is 5.43. The predicted molar refractivity (Wildman–Crippen MR) is 97.8 cm³/mol. The Morgan fingerprint density at radius 2 is 2.22 bits per heavy atom. The van der Waals surface area contributed by atoms with E-state index in [1.807, 2.05) is 23.6 Å². The van der Waals surface area contributed by atoms with Crippen LogP contribution in [0, 0.1) is 0 Å². The Morgan fingerprint density at radius 1 is 1.39 bits per heavy atom. The topological polar surface area (TPSA) is 63.7 Å². The van der Waals surface area contributed by atoms with Crippen molar-refractivity contribution in [1.82, 2.24) is 4.98 Å². The van der Waals surface area contributed by atoms with Gasteiger partial charge >= 0.3 is 0 Å².